The Morgan fingerprint density at radius 1 is 1.14 bits per heavy atom. The molecule has 8 heteroatoms. The highest BCUT2D eigenvalue weighted by molar-refractivity contribution is 6.30. The normalized spacial score (nSPS) is 18.8. The third-order valence-electron chi connectivity index (χ3n) is 6.30. The predicted octanol–water partition coefficient (Wildman–Crippen LogP) is 3.23. The number of halogens is 1. The lowest BCUT2D eigenvalue weighted by Gasteiger charge is -2.34. The van der Waals surface area contributed by atoms with Crippen LogP contribution in [0.4, 0.5) is 4.79 Å². The Balaban J connectivity index is 1.64. The number of hydrogen-bond donors (Lipinski definition) is 3. The highest BCUT2D eigenvalue weighted by Gasteiger charge is 2.52. The van der Waals surface area contributed by atoms with Gasteiger partial charge in [-0.25, -0.2) is 4.79 Å². The van der Waals surface area contributed by atoms with Crippen LogP contribution in [0.15, 0.2) is 24.3 Å². The Morgan fingerprint density at radius 2 is 1.76 bits per heavy atom. The molecule has 0 bridgehead atoms. The van der Waals surface area contributed by atoms with Gasteiger partial charge in [0.25, 0.3) is 11.8 Å². The van der Waals surface area contributed by atoms with Gasteiger partial charge in [0.2, 0.25) is 0 Å². The maximum atomic E-state index is 12.8. The Bertz CT molecular complexity index is 771. The van der Waals surface area contributed by atoms with Gasteiger partial charge in [-0.05, 0) is 43.4 Å². The van der Waals surface area contributed by atoms with Crippen molar-refractivity contribution in [2.75, 3.05) is 6.54 Å². The summed E-state index contributed by atoms with van der Waals surface area (Å²) in [6.45, 7) is 4.08. The molecule has 1 spiro atoms. The zero-order valence-corrected chi connectivity index (χ0v) is 17.8. The van der Waals surface area contributed by atoms with E-state index in [4.69, 9.17) is 11.6 Å². The van der Waals surface area contributed by atoms with Crippen LogP contribution in [0, 0.1) is 0 Å². The molecule has 4 amide bonds. The number of urea groups is 1. The first-order valence-electron chi connectivity index (χ1n) is 10.3. The van der Waals surface area contributed by atoms with Gasteiger partial charge in [-0.3, -0.25) is 20.3 Å². The summed E-state index contributed by atoms with van der Waals surface area (Å²) in [5.74, 6) is -0.785. The first-order chi connectivity index (χ1) is 13.9. The number of carbonyl (C=O) groups is 3. The molecule has 158 valence electrons. The van der Waals surface area contributed by atoms with Crippen molar-refractivity contribution in [2.24, 2.45) is 0 Å². The highest BCUT2D eigenvalue weighted by atomic mass is 35.5. The fourth-order valence-electron chi connectivity index (χ4n) is 4.41. The molecule has 0 unspecified atom stereocenters. The average Bonchev–Trinajstić information content (AvgIpc) is 2.94. The van der Waals surface area contributed by atoms with Crippen LogP contribution in [-0.2, 0) is 15.1 Å². The van der Waals surface area contributed by atoms with Crippen molar-refractivity contribution in [3.05, 3.63) is 34.9 Å². The lowest BCUT2D eigenvalue weighted by Crippen LogP contribution is -2.53. The van der Waals surface area contributed by atoms with E-state index in [1.807, 2.05) is 38.1 Å². The monoisotopic (exact) mass is 420 g/mol. The van der Waals surface area contributed by atoms with E-state index in [0.29, 0.717) is 17.9 Å². The molecule has 3 rings (SSSR count). The maximum Gasteiger partial charge on any atom is 0.344 e. The van der Waals surface area contributed by atoms with Crippen molar-refractivity contribution in [2.45, 2.75) is 69.9 Å². The summed E-state index contributed by atoms with van der Waals surface area (Å²) >= 11 is 6.00. The van der Waals surface area contributed by atoms with Crippen molar-refractivity contribution in [3.63, 3.8) is 0 Å². The molecule has 29 heavy (non-hydrogen) atoms. The Morgan fingerprint density at radius 3 is 2.34 bits per heavy atom. The van der Waals surface area contributed by atoms with Crippen LogP contribution in [-0.4, -0.2) is 34.9 Å². The second-order valence-electron chi connectivity index (χ2n) is 7.90. The number of carbonyl (C=O) groups excluding carboxylic acids is 3. The van der Waals surface area contributed by atoms with E-state index in [-0.39, 0.29) is 12.5 Å². The summed E-state index contributed by atoms with van der Waals surface area (Å²) in [7, 11) is 0. The second kappa shape index (κ2) is 8.71. The van der Waals surface area contributed by atoms with E-state index in [1.165, 1.54) is 0 Å². The molecular weight excluding hydrogens is 392 g/mol. The molecule has 1 saturated carbocycles. The number of imide groups is 1. The quantitative estimate of drug-likeness (QED) is 0.590. The molecule has 0 atom stereocenters. The van der Waals surface area contributed by atoms with E-state index in [0.717, 1.165) is 42.7 Å². The van der Waals surface area contributed by atoms with Crippen LogP contribution in [0.2, 0.25) is 5.02 Å². The van der Waals surface area contributed by atoms with Crippen molar-refractivity contribution >= 4 is 29.4 Å². The number of rotatable bonds is 7. The van der Waals surface area contributed by atoms with Crippen LogP contribution in [0.1, 0.15) is 64.4 Å². The zero-order valence-electron chi connectivity index (χ0n) is 17.0. The van der Waals surface area contributed by atoms with Gasteiger partial charge in [0.1, 0.15) is 5.54 Å². The minimum absolute atomic E-state index is 0.0195. The number of nitrogens with one attached hydrogen (secondary N) is 3. The summed E-state index contributed by atoms with van der Waals surface area (Å²) in [5, 5.41) is 7.61. The molecule has 1 saturated heterocycles. The lowest BCUT2D eigenvalue weighted by molar-refractivity contribution is -0.139. The molecule has 0 radical (unpaired) electrons. The highest BCUT2D eigenvalue weighted by Crippen LogP contribution is 2.33. The van der Waals surface area contributed by atoms with E-state index < -0.39 is 23.0 Å². The number of benzene rings is 1. The Hall–Kier alpha value is -2.12. The Kier molecular flexibility index (Phi) is 6.49. The van der Waals surface area contributed by atoms with Gasteiger partial charge in [-0.2, -0.15) is 5.01 Å². The van der Waals surface area contributed by atoms with Gasteiger partial charge < -0.3 is 5.32 Å². The topological polar surface area (TPSA) is 90.5 Å². The van der Waals surface area contributed by atoms with Gasteiger partial charge in [0.15, 0.2) is 0 Å². The minimum Gasteiger partial charge on any atom is -0.322 e. The van der Waals surface area contributed by atoms with Crippen LogP contribution >= 0.6 is 11.6 Å². The van der Waals surface area contributed by atoms with Crippen molar-refractivity contribution in [3.8, 4) is 0 Å². The largest absolute Gasteiger partial charge is 0.344 e. The van der Waals surface area contributed by atoms with Crippen LogP contribution in [0.25, 0.3) is 0 Å². The molecule has 0 aromatic heterocycles. The summed E-state index contributed by atoms with van der Waals surface area (Å²) in [6.07, 6.45) is 5.62. The first-order valence-corrected chi connectivity index (χ1v) is 10.7. The molecule has 1 aromatic carbocycles. The SMILES string of the molecule is CCC(CC)(NCC(=O)NN1C(=O)NC2(CCCCC2)C1=O)c1ccc(Cl)cc1. The summed E-state index contributed by atoms with van der Waals surface area (Å²) in [6, 6.07) is 7.00. The zero-order chi connectivity index (χ0) is 21.1. The summed E-state index contributed by atoms with van der Waals surface area (Å²) in [4.78, 5) is 37.7. The molecule has 7 nitrogen and oxygen atoms in total. The third-order valence-corrected chi connectivity index (χ3v) is 6.55. The lowest BCUT2D eigenvalue weighted by atomic mass is 9.82. The smallest absolute Gasteiger partial charge is 0.322 e. The van der Waals surface area contributed by atoms with Gasteiger partial charge in [0, 0.05) is 10.6 Å². The van der Waals surface area contributed by atoms with E-state index in [9.17, 15) is 14.4 Å². The number of nitrogens with zero attached hydrogens (tertiary/aromatic N) is 1. The molecular formula is C21H29ClN4O3. The van der Waals surface area contributed by atoms with Crippen molar-refractivity contribution in [1.29, 1.82) is 0 Å². The second-order valence-corrected chi connectivity index (χ2v) is 8.33. The first kappa shape index (κ1) is 21.6. The fourth-order valence-corrected chi connectivity index (χ4v) is 4.53. The maximum absolute atomic E-state index is 12.8. The van der Waals surface area contributed by atoms with Crippen LogP contribution in [0.5, 0.6) is 0 Å². The van der Waals surface area contributed by atoms with Crippen LogP contribution in [0.3, 0.4) is 0 Å². The van der Waals surface area contributed by atoms with Gasteiger partial charge >= 0.3 is 6.03 Å². The molecule has 2 fully saturated rings. The molecule has 3 N–H and O–H groups in total. The summed E-state index contributed by atoms with van der Waals surface area (Å²) in [5.41, 5.74) is 2.27. The van der Waals surface area contributed by atoms with E-state index in [1.54, 1.807) is 0 Å². The fraction of sp³-hybridized carbons (Fsp3) is 0.571. The van der Waals surface area contributed by atoms with Crippen molar-refractivity contribution in [1.82, 2.24) is 21.1 Å². The van der Waals surface area contributed by atoms with Gasteiger partial charge in [-0.1, -0.05) is 56.8 Å². The van der Waals surface area contributed by atoms with Crippen molar-refractivity contribution < 1.29 is 14.4 Å². The number of hydrazine groups is 1. The van der Waals surface area contributed by atoms with Gasteiger partial charge in [-0.15, -0.1) is 0 Å². The predicted molar refractivity (Wildman–Crippen MR) is 111 cm³/mol. The van der Waals surface area contributed by atoms with Gasteiger partial charge in [0.05, 0.1) is 6.54 Å². The molecule has 1 aliphatic carbocycles. The van der Waals surface area contributed by atoms with E-state index in [2.05, 4.69) is 16.1 Å². The number of amides is 4. The van der Waals surface area contributed by atoms with Crippen LogP contribution < -0.4 is 16.1 Å². The molecule has 1 aliphatic heterocycles. The molecule has 1 heterocycles. The molecule has 2 aliphatic rings. The minimum atomic E-state index is -0.851. The molecule has 1 aromatic rings. The average molecular weight is 421 g/mol. The number of hydrogen-bond acceptors (Lipinski definition) is 4. The third kappa shape index (κ3) is 4.26. The summed E-state index contributed by atoms with van der Waals surface area (Å²) < 4.78 is 0. The Labute approximate surface area is 176 Å². The van der Waals surface area contributed by atoms with E-state index >= 15 is 0 Å². The standard InChI is InChI=1S/C21H29ClN4O3/c1-3-20(4-2,15-8-10-16(22)11-9-15)23-14-17(27)25-26-18(28)21(24-19(26)29)12-6-5-7-13-21/h8-11,23H,3-7,12-14H2,1-2H3,(H,24,29)(H,25,27).